The van der Waals surface area contributed by atoms with Gasteiger partial charge in [-0.25, -0.2) is 0 Å². The Bertz CT molecular complexity index is 253. The molecular weight excluding hydrogens is 222 g/mol. The van der Waals surface area contributed by atoms with E-state index in [1.165, 1.54) is 0 Å². The molecule has 0 rings (SSSR count). The van der Waals surface area contributed by atoms with Crippen molar-refractivity contribution < 1.29 is 19.4 Å². The van der Waals surface area contributed by atoms with Gasteiger partial charge < -0.3 is 14.7 Å². The van der Waals surface area contributed by atoms with Gasteiger partial charge in [0.05, 0.1) is 12.5 Å². The van der Waals surface area contributed by atoms with Crippen LogP contribution in [-0.2, 0) is 14.3 Å². The third-order valence-corrected chi connectivity index (χ3v) is 2.43. The van der Waals surface area contributed by atoms with Crippen molar-refractivity contribution in [2.75, 3.05) is 26.3 Å². The molecule has 0 saturated heterocycles. The van der Waals surface area contributed by atoms with Crippen molar-refractivity contribution in [2.45, 2.75) is 27.7 Å². The minimum Gasteiger partial charge on any atom is -0.481 e. The summed E-state index contributed by atoms with van der Waals surface area (Å²) in [7, 11) is 0. The van der Waals surface area contributed by atoms with Crippen molar-refractivity contribution in [1.82, 2.24) is 4.90 Å². The molecule has 0 saturated carbocycles. The Balaban J connectivity index is 4.39. The van der Waals surface area contributed by atoms with E-state index in [-0.39, 0.29) is 18.4 Å². The molecule has 0 aromatic carbocycles. The first-order chi connectivity index (χ1) is 7.90. The molecule has 0 aliphatic heterocycles. The van der Waals surface area contributed by atoms with Gasteiger partial charge in [-0.15, -0.1) is 0 Å². The van der Waals surface area contributed by atoms with E-state index in [0.717, 1.165) is 0 Å². The van der Waals surface area contributed by atoms with Crippen LogP contribution in [0.5, 0.6) is 0 Å². The molecule has 1 atom stereocenters. The fraction of sp³-hybridized carbons (Fsp3) is 0.833. The van der Waals surface area contributed by atoms with E-state index in [9.17, 15) is 9.59 Å². The lowest BCUT2D eigenvalue weighted by Gasteiger charge is -2.26. The van der Waals surface area contributed by atoms with Gasteiger partial charge in [0.15, 0.2) is 0 Å². The first-order valence-corrected chi connectivity index (χ1v) is 5.99. The van der Waals surface area contributed by atoms with Crippen molar-refractivity contribution in [2.24, 2.45) is 11.8 Å². The summed E-state index contributed by atoms with van der Waals surface area (Å²) in [5, 5.41) is 8.85. The number of aliphatic carboxylic acids is 1. The van der Waals surface area contributed by atoms with E-state index < -0.39 is 11.9 Å². The Labute approximate surface area is 103 Å². The summed E-state index contributed by atoms with van der Waals surface area (Å²) in [5.41, 5.74) is 0. The molecule has 1 amide bonds. The summed E-state index contributed by atoms with van der Waals surface area (Å²) >= 11 is 0. The summed E-state index contributed by atoms with van der Waals surface area (Å²) in [6.07, 6.45) is 0. The zero-order chi connectivity index (χ0) is 13.4. The van der Waals surface area contributed by atoms with Gasteiger partial charge in [-0.3, -0.25) is 9.59 Å². The molecule has 0 bridgehead atoms. The fourth-order valence-electron chi connectivity index (χ4n) is 1.38. The molecule has 17 heavy (non-hydrogen) atoms. The number of carboxylic acid groups (broad SMARTS) is 1. The highest BCUT2D eigenvalue weighted by Gasteiger charge is 2.22. The zero-order valence-corrected chi connectivity index (χ0v) is 11.1. The molecule has 0 aliphatic carbocycles. The molecule has 1 N–H and O–H groups in total. The maximum absolute atomic E-state index is 11.9. The van der Waals surface area contributed by atoms with Gasteiger partial charge in [0.2, 0.25) is 5.91 Å². The summed E-state index contributed by atoms with van der Waals surface area (Å²) in [6.45, 7) is 8.82. The van der Waals surface area contributed by atoms with Crippen LogP contribution in [0.3, 0.4) is 0 Å². The van der Waals surface area contributed by atoms with Crippen LogP contribution < -0.4 is 0 Å². The first-order valence-electron chi connectivity index (χ1n) is 5.99. The van der Waals surface area contributed by atoms with Crippen LogP contribution in [0.1, 0.15) is 27.7 Å². The molecule has 5 heteroatoms. The molecule has 0 fully saturated rings. The van der Waals surface area contributed by atoms with Crippen molar-refractivity contribution in [1.29, 1.82) is 0 Å². The number of rotatable bonds is 8. The lowest BCUT2D eigenvalue weighted by atomic mass is 10.1. The molecule has 100 valence electrons. The Kier molecular flexibility index (Phi) is 7.54. The molecular formula is C12H23NO4. The number of hydrogen-bond acceptors (Lipinski definition) is 3. The van der Waals surface area contributed by atoms with Crippen molar-refractivity contribution in [3.05, 3.63) is 0 Å². The summed E-state index contributed by atoms with van der Waals surface area (Å²) in [6, 6.07) is 0. The molecule has 5 nitrogen and oxygen atoms in total. The Morgan fingerprint density at radius 3 is 2.29 bits per heavy atom. The van der Waals surface area contributed by atoms with Gasteiger partial charge in [-0.1, -0.05) is 20.8 Å². The quantitative estimate of drug-likeness (QED) is 0.653. The second kappa shape index (κ2) is 8.06. The average Bonchev–Trinajstić information content (AvgIpc) is 2.26. The predicted molar refractivity (Wildman–Crippen MR) is 64.7 cm³/mol. The van der Waals surface area contributed by atoms with E-state index in [2.05, 4.69) is 0 Å². The van der Waals surface area contributed by atoms with Crippen molar-refractivity contribution >= 4 is 11.9 Å². The number of ether oxygens (including phenoxy) is 1. The van der Waals surface area contributed by atoms with Gasteiger partial charge >= 0.3 is 5.97 Å². The molecule has 0 radical (unpaired) electrons. The van der Waals surface area contributed by atoms with Gasteiger partial charge in [0.25, 0.3) is 0 Å². The molecule has 0 spiro atoms. The number of carbonyl (C=O) groups excluding carboxylic acids is 1. The fourth-order valence-corrected chi connectivity index (χ4v) is 1.38. The highest BCUT2D eigenvalue weighted by atomic mass is 16.5. The number of carboxylic acids is 1. The SMILES string of the molecule is CCOCCN(C[C@@H](C)C(=O)O)C(=O)C(C)C. The number of amides is 1. The predicted octanol–water partition coefficient (Wildman–Crippen LogP) is 1.23. The van der Waals surface area contributed by atoms with Crippen LogP contribution >= 0.6 is 0 Å². The molecule has 0 aromatic rings. The topological polar surface area (TPSA) is 66.8 Å². The van der Waals surface area contributed by atoms with Crippen LogP contribution in [0.4, 0.5) is 0 Å². The minimum atomic E-state index is -0.886. The number of hydrogen-bond donors (Lipinski definition) is 1. The summed E-state index contributed by atoms with van der Waals surface area (Å²) in [4.78, 5) is 24.2. The second-order valence-electron chi connectivity index (χ2n) is 4.38. The van der Waals surface area contributed by atoms with Gasteiger partial charge in [-0.2, -0.15) is 0 Å². The van der Waals surface area contributed by atoms with Crippen LogP contribution in [0.25, 0.3) is 0 Å². The highest BCUT2D eigenvalue weighted by Crippen LogP contribution is 2.06. The van der Waals surface area contributed by atoms with Crippen LogP contribution in [0.2, 0.25) is 0 Å². The van der Waals surface area contributed by atoms with Gasteiger partial charge in [-0.05, 0) is 6.92 Å². The van der Waals surface area contributed by atoms with Crippen LogP contribution in [-0.4, -0.2) is 48.2 Å². The zero-order valence-electron chi connectivity index (χ0n) is 11.1. The first kappa shape index (κ1) is 15.9. The van der Waals surface area contributed by atoms with Gasteiger partial charge in [0, 0.05) is 25.6 Å². The average molecular weight is 245 g/mol. The molecule has 0 aromatic heterocycles. The smallest absolute Gasteiger partial charge is 0.308 e. The highest BCUT2D eigenvalue weighted by molar-refractivity contribution is 5.79. The summed E-state index contributed by atoms with van der Waals surface area (Å²) in [5.74, 6) is -1.60. The lowest BCUT2D eigenvalue weighted by Crippen LogP contribution is -2.41. The Hall–Kier alpha value is -1.10. The maximum atomic E-state index is 11.9. The third kappa shape index (κ3) is 6.26. The normalized spacial score (nSPS) is 12.5. The minimum absolute atomic E-state index is 0.0298. The molecule has 0 heterocycles. The van der Waals surface area contributed by atoms with E-state index >= 15 is 0 Å². The summed E-state index contributed by atoms with van der Waals surface area (Å²) < 4.78 is 5.19. The van der Waals surface area contributed by atoms with Crippen molar-refractivity contribution in [3.63, 3.8) is 0 Å². The maximum Gasteiger partial charge on any atom is 0.308 e. The monoisotopic (exact) mass is 245 g/mol. The van der Waals surface area contributed by atoms with Crippen LogP contribution in [0, 0.1) is 11.8 Å². The van der Waals surface area contributed by atoms with Gasteiger partial charge in [0.1, 0.15) is 0 Å². The largest absolute Gasteiger partial charge is 0.481 e. The second-order valence-corrected chi connectivity index (χ2v) is 4.38. The van der Waals surface area contributed by atoms with E-state index in [1.807, 2.05) is 6.92 Å². The van der Waals surface area contributed by atoms with E-state index in [4.69, 9.17) is 9.84 Å². The standard InChI is InChI=1S/C12H23NO4/c1-5-17-7-6-13(11(14)9(2)3)8-10(4)12(15)16/h9-10H,5-8H2,1-4H3,(H,15,16)/t10-/m1/s1. The Morgan fingerprint density at radius 1 is 1.29 bits per heavy atom. The number of nitrogens with zero attached hydrogens (tertiary/aromatic N) is 1. The van der Waals surface area contributed by atoms with E-state index in [0.29, 0.717) is 19.8 Å². The molecule has 0 aliphatic rings. The van der Waals surface area contributed by atoms with Crippen molar-refractivity contribution in [3.8, 4) is 0 Å². The van der Waals surface area contributed by atoms with E-state index in [1.54, 1.807) is 25.7 Å². The third-order valence-electron chi connectivity index (χ3n) is 2.43. The molecule has 0 unspecified atom stereocenters. The Morgan fingerprint density at radius 2 is 1.88 bits per heavy atom. The lowest BCUT2D eigenvalue weighted by molar-refractivity contribution is -0.144. The van der Waals surface area contributed by atoms with Crippen LogP contribution in [0.15, 0.2) is 0 Å². The number of carbonyl (C=O) groups is 2.